The molecule has 0 aromatic heterocycles. The molecule has 1 aromatic rings. The lowest BCUT2D eigenvalue weighted by Crippen LogP contribution is -2.57. The number of ether oxygens (including phenoxy) is 1. The molecule has 1 saturated carbocycles. The zero-order chi connectivity index (χ0) is 21.2. The van der Waals surface area contributed by atoms with Gasteiger partial charge in [-0.05, 0) is 59.9 Å². The fraction of sp³-hybridized carbons (Fsp3) is 0.458. The molecule has 4 atom stereocenters. The first-order chi connectivity index (χ1) is 13.7. The van der Waals surface area contributed by atoms with E-state index >= 15 is 0 Å². The number of carbonyl (C=O) groups is 3. The van der Waals surface area contributed by atoms with Crippen molar-refractivity contribution in [2.24, 2.45) is 22.7 Å². The smallest absolute Gasteiger partial charge is 0.331 e. The molecule has 0 saturated heterocycles. The number of phenolic OH excluding ortho intramolecular Hbond substituents is 1. The van der Waals surface area contributed by atoms with Crippen LogP contribution >= 0.6 is 0 Å². The van der Waals surface area contributed by atoms with E-state index in [0.29, 0.717) is 18.4 Å². The van der Waals surface area contributed by atoms with E-state index in [9.17, 15) is 19.5 Å². The van der Waals surface area contributed by atoms with Gasteiger partial charge in [-0.3, -0.25) is 4.79 Å². The molecular formula is C24H28O5. The van der Waals surface area contributed by atoms with Crippen LogP contribution in [0.5, 0.6) is 5.75 Å². The Bertz CT molecular complexity index is 849. The number of carbonyl (C=O) groups excluding carboxylic acids is 3. The fourth-order valence-corrected chi connectivity index (χ4v) is 5.25. The van der Waals surface area contributed by atoms with Crippen LogP contribution in [0.25, 0.3) is 6.08 Å². The summed E-state index contributed by atoms with van der Waals surface area (Å²) in [5.41, 5.74) is 0.600. The molecule has 0 amide bonds. The summed E-state index contributed by atoms with van der Waals surface area (Å²) < 4.78 is 5.85. The Morgan fingerprint density at radius 1 is 1.17 bits per heavy atom. The van der Waals surface area contributed by atoms with Gasteiger partial charge >= 0.3 is 5.97 Å². The van der Waals surface area contributed by atoms with Crippen molar-refractivity contribution >= 4 is 24.6 Å². The summed E-state index contributed by atoms with van der Waals surface area (Å²) in [7, 11) is 0. The number of phenols is 1. The third kappa shape index (κ3) is 3.91. The normalized spacial score (nSPS) is 30.9. The quantitative estimate of drug-likeness (QED) is 0.460. The van der Waals surface area contributed by atoms with E-state index in [2.05, 4.69) is 13.8 Å². The molecule has 2 aliphatic rings. The van der Waals surface area contributed by atoms with Gasteiger partial charge in [-0.15, -0.1) is 0 Å². The highest BCUT2D eigenvalue weighted by atomic mass is 16.5. The van der Waals surface area contributed by atoms with E-state index in [-0.39, 0.29) is 17.1 Å². The second-order valence-corrected chi connectivity index (χ2v) is 8.97. The predicted molar refractivity (Wildman–Crippen MR) is 110 cm³/mol. The lowest BCUT2D eigenvalue weighted by atomic mass is 9.48. The van der Waals surface area contributed by atoms with E-state index < -0.39 is 23.4 Å². The molecule has 5 nitrogen and oxygen atoms in total. The van der Waals surface area contributed by atoms with E-state index in [1.54, 1.807) is 30.3 Å². The van der Waals surface area contributed by atoms with Crippen LogP contribution in [0.2, 0.25) is 0 Å². The van der Waals surface area contributed by atoms with E-state index in [1.807, 2.05) is 13.0 Å². The Kier molecular flexibility index (Phi) is 5.78. The molecule has 29 heavy (non-hydrogen) atoms. The van der Waals surface area contributed by atoms with Gasteiger partial charge in [0.25, 0.3) is 0 Å². The van der Waals surface area contributed by atoms with Crippen LogP contribution in [0, 0.1) is 22.7 Å². The van der Waals surface area contributed by atoms with Crippen LogP contribution in [0.3, 0.4) is 0 Å². The summed E-state index contributed by atoms with van der Waals surface area (Å²) in [4.78, 5) is 36.1. The van der Waals surface area contributed by atoms with Gasteiger partial charge in [0.2, 0.25) is 0 Å². The van der Waals surface area contributed by atoms with E-state index in [4.69, 9.17) is 4.74 Å². The molecule has 0 heterocycles. The lowest BCUT2D eigenvalue weighted by molar-refractivity contribution is -0.175. The first-order valence-corrected chi connectivity index (χ1v) is 10.0. The van der Waals surface area contributed by atoms with Crippen molar-refractivity contribution < 1.29 is 24.2 Å². The van der Waals surface area contributed by atoms with Gasteiger partial charge in [0.1, 0.15) is 24.4 Å². The summed E-state index contributed by atoms with van der Waals surface area (Å²) in [5.74, 6) is -0.780. The standard InChI is InChI=1S/C24H28O5/c1-23(2)13-12-21(24(3)19(15-26)17(14-25)7-10-20(23)24)29-22(28)11-6-16-4-8-18(27)9-5-16/h4-9,11,14-15,19-21,27H,10,12-13H2,1-3H3/b11-6+/t19-,20-,21+,24+/m0/s1. The molecule has 0 bridgehead atoms. The number of rotatable bonds is 5. The maximum absolute atomic E-state index is 12.5. The van der Waals surface area contributed by atoms with Gasteiger partial charge in [-0.25, -0.2) is 4.79 Å². The van der Waals surface area contributed by atoms with Crippen LogP contribution in [-0.4, -0.2) is 29.8 Å². The minimum absolute atomic E-state index is 0.0221. The first-order valence-electron chi connectivity index (χ1n) is 10.0. The number of aromatic hydroxyl groups is 1. The summed E-state index contributed by atoms with van der Waals surface area (Å²) >= 11 is 0. The third-order valence-corrected chi connectivity index (χ3v) is 6.89. The van der Waals surface area contributed by atoms with Crippen molar-refractivity contribution in [2.45, 2.75) is 46.1 Å². The van der Waals surface area contributed by atoms with Crippen molar-refractivity contribution in [3.8, 4) is 5.75 Å². The topological polar surface area (TPSA) is 80.7 Å². The minimum atomic E-state index is -0.628. The molecule has 3 rings (SSSR count). The van der Waals surface area contributed by atoms with Crippen molar-refractivity contribution in [3.63, 3.8) is 0 Å². The molecule has 0 aliphatic heterocycles. The fourth-order valence-electron chi connectivity index (χ4n) is 5.25. The molecule has 5 heteroatoms. The highest BCUT2D eigenvalue weighted by molar-refractivity contribution is 5.87. The second-order valence-electron chi connectivity index (χ2n) is 8.97. The molecule has 1 fully saturated rings. The van der Waals surface area contributed by atoms with Crippen molar-refractivity contribution in [3.05, 3.63) is 47.6 Å². The number of fused-ring (bicyclic) bond motifs is 1. The number of allylic oxidation sites excluding steroid dienone is 2. The number of benzene rings is 1. The Hall–Kier alpha value is -2.69. The summed E-state index contributed by atoms with van der Waals surface area (Å²) in [6.45, 7) is 6.34. The summed E-state index contributed by atoms with van der Waals surface area (Å²) in [5, 5.41) is 9.35. The zero-order valence-electron chi connectivity index (χ0n) is 17.1. The number of aldehydes is 2. The lowest BCUT2D eigenvalue weighted by Gasteiger charge is -2.57. The molecule has 154 valence electrons. The van der Waals surface area contributed by atoms with Gasteiger partial charge in [0, 0.05) is 11.5 Å². The van der Waals surface area contributed by atoms with E-state index in [1.165, 1.54) is 6.08 Å². The average Bonchev–Trinajstić information content (AvgIpc) is 2.69. The Labute approximate surface area is 171 Å². The van der Waals surface area contributed by atoms with Crippen molar-refractivity contribution in [1.82, 2.24) is 0 Å². The molecule has 0 unspecified atom stereocenters. The first kappa shape index (κ1) is 21.0. The summed E-state index contributed by atoms with van der Waals surface area (Å²) in [6, 6.07) is 6.49. The largest absolute Gasteiger partial charge is 0.508 e. The van der Waals surface area contributed by atoms with Crippen LogP contribution in [0.1, 0.15) is 45.6 Å². The predicted octanol–water partition coefficient (Wildman–Crippen LogP) is 4.10. The Morgan fingerprint density at radius 2 is 1.86 bits per heavy atom. The maximum Gasteiger partial charge on any atom is 0.331 e. The molecular weight excluding hydrogens is 368 g/mol. The van der Waals surface area contributed by atoms with Gasteiger partial charge in [-0.2, -0.15) is 0 Å². The van der Waals surface area contributed by atoms with Crippen LogP contribution in [0.15, 0.2) is 42.0 Å². The zero-order valence-corrected chi connectivity index (χ0v) is 17.1. The van der Waals surface area contributed by atoms with E-state index in [0.717, 1.165) is 24.6 Å². The number of esters is 1. The SMILES string of the molecule is CC1(C)CC[C@@H](OC(=O)/C=C/c2ccc(O)cc2)[C@]2(C)[C@@H](C=O)C(C=O)=CC[C@@H]12. The molecule has 1 aromatic carbocycles. The van der Waals surface area contributed by atoms with Crippen LogP contribution in [0.4, 0.5) is 0 Å². The molecule has 0 spiro atoms. The van der Waals surface area contributed by atoms with Gasteiger partial charge < -0.3 is 14.6 Å². The molecule has 1 N–H and O–H groups in total. The Morgan fingerprint density at radius 3 is 2.48 bits per heavy atom. The highest BCUT2D eigenvalue weighted by Gasteiger charge is 2.58. The maximum atomic E-state index is 12.5. The van der Waals surface area contributed by atoms with Gasteiger partial charge in [0.05, 0.1) is 5.92 Å². The Balaban J connectivity index is 1.85. The molecule has 2 aliphatic carbocycles. The summed E-state index contributed by atoms with van der Waals surface area (Å²) in [6.07, 6.45) is 8.22. The van der Waals surface area contributed by atoms with Crippen LogP contribution in [-0.2, 0) is 19.1 Å². The van der Waals surface area contributed by atoms with Gasteiger partial charge in [-0.1, -0.05) is 39.0 Å². The highest BCUT2D eigenvalue weighted by Crippen LogP contribution is 2.59. The second kappa shape index (κ2) is 7.97. The third-order valence-electron chi connectivity index (χ3n) is 6.89. The molecule has 0 radical (unpaired) electrons. The van der Waals surface area contributed by atoms with Crippen LogP contribution < -0.4 is 0 Å². The monoisotopic (exact) mass is 396 g/mol. The average molecular weight is 396 g/mol. The van der Waals surface area contributed by atoms with Crippen molar-refractivity contribution in [2.75, 3.05) is 0 Å². The van der Waals surface area contributed by atoms with Gasteiger partial charge in [0.15, 0.2) is 0 Å². The number of hydrogen-bond donors (Lipinski definition) is 1. The number of hydrogen-bond acceptors (Lipinski definition) is 5. The van der Waals surface area contributed by atoms with Crippen molar-refractivity contribution in [1.29, 1.82) is 0 Å². The minimum Gasteiger partial charge on any atom is -0.508 e.